The molecule has 0 fully saturated rings. The highest BCUT2D eigenvalue weighted by atomic mass is 15.1. The molecule has 6 nitrogen and oxygen atoms in total. The van der Waals surface area contributed by atoms with Crippen molar-refractivity contribution in [1.29, 1.82) is 0 Å². The maximum absolute atomic E-state index is 4.75. The van der Waals surface area contributed by atoms with Crippen LogP contribution in [0.25, 0.3) is 0 Å². The van der Waals surface area contributed by atoms with Gasteiger partial charge >= 0.3 is 0 Å². The lowest BCUT2D eigenvalue weighted by Crippen LogP contribution is -2.31. The predicted octanol–water partition coefficient (Wildman–Crippen LogP) is 11.3. The van der Waals surface area contributed by atoms with E-state index < -0.39 is 0 Å². The Hall–Kier alpha value is -5.79. The normalized spacial score (nSPS) is 11.5. The average Bonchev–Trinajstić information content (AvgIpc) is 3.34. The van der Waals surface area contributed by atoms with Gasteiger partial charge in [-0.3, -0.25) is 29.7 Å². The van der Waals surface area contributed by atoms with Crippen LogP contribution < -0.4 is 0 Å². The molecule has 0 bridgehead atoms. The Morgan fingerprint density at radius 3 is 0.810 bits per heavy atom. The van der Waals surface area contributed by atoms with Gasteiger partial charge in [-0.25, -0.2) is 0 Å². The minimum atomic E-state index is 0.884. The van der Waals surface area contributed by atoms with E-state index in [1.807, 2.05) is 36.8 Å². The molecule has 7 aromatic rings. The smallest absolute Gasteiger partial charge is 0.0416 e. The summed E-state index contributed by atoms with van der Waals surface area (Å²) >= 11 is 0. The molecule has 3 aromatic heterocycles. The fraction of sp³-hybridized carbons (Fsp3) is 0.316. The molecule has 0 saturated heterocycles. The number of rotatable bonds is 24. The summed E-state index contributed by atoms with van der Waals surface area (Å²) in [7, 11) is 0. The molecule has 0 saturated carbocycles. The number of hydrogen-bond acceptors (Lipinski definition) is 6. The molecule has 0 N–H and O–H groups in total. The molecular weight excluding hydrogens is 769 g/mol. The Bertz CT molecular complexity index is 2070. The lowest BCUT2D eigenvalue weighted by atomic mass is 9.82. The zero-order valence-electron chi connectivity index (χ0n) is 37.9. The van der Waals surface area contributed by atoms with Crippen LogP contribution in [0.2, 0.25) is 0 Å². The summed E-state index contributed by atoms with van der Waals surface area (Å²) in [5.74, 6) is 0. The van der Waals surface area contributed by atoms with Crippen molar-refractivity contribution in [1.82, 2.24) is 29.7 Å². The van der Waals surface area contributed by atoms with Crippen LogP contribution in [0.5, 0.6) is 0 Å². The highest BCUT2D eigenvalue weighted by Gasteiger charge is 2.26. The predicted molar refractivity (Wildman–Crippen MR) is 260 cm³/mol. The van der Waals surface area contributed by atoms with Crippen LogP contribution in [0.3, 0.4) is 0 Å². The molecule has 0 spiro atoms. The first-order valence-electron chi connectivity index (χ1n) is 23.3. The van der Waals surface area contributed by atoms with Crippen LogP contribution in [0, 0.1) is 0 Å². The molecule has 0 unspecified atom stereocenters. The van der Waals surface area contributed by atoms with Crippen LogP contribution in [-0.4, -0.2) is 49.3 Å². The van der Waals surface area contributed by atoms with Crippen LogP contribution in [0.1, 0.15) is 87.9 Å². The summed E-state index contributed by atoms with van der Waals surface area (Å²) in [5, 5.41) is 0. The van der Waals surface area contributed by atoms with Crippen LogP contribution in [0.15, 0.2) is 164 Å². The summed E-state index contributed by atoms with van der Waals surface area (Å²) in [4.78, 5) is 22.3. The van der Waals surface area contributed by atoms with Gasteiger partial charge in [0.05, 0.1) is 0 Å². The summed E-state index contributed by atoms with van der Waals surface area (Å²) in [6, 6.07) is 51.9. The third kappa shape index (κ3) is 13.4. The Labute approximate surface area is 377 Å². The first kappa shape index (κ1) is 45.2. The number of pyridine rings is 3. The van der Waals surface area contributed by atoms with E-state index in [-0.39, 0.29) is 0 Å². The van der Waals surface area contributed by atoms with Gasteiger partial charge < -0.3 is 0 Å². The summed E-state index contributed by atoms with van der Waals surface area (Å²) in [5.41, 5.74) is 16.6. The molecule has 0 aliphatic carbocycles. The minimum Gasteiger partial charge on any atom is -0.294 e. The third-order valence-electron chi connectivity index (χ3n) is 12.4. The fourth-order valence-corrected chi connectivity index (χ4v) is 9.24. The van der Waals surface area contributed by atoms with Gasteiger partial charge in [0, 0.05) is 114 Å². The number of hydrogen-bond donors (Lipinski definition) is 0. The highest BCUT2D eigenvalue weighted by molar-refractivity contribution is 5.53. The highest BCUT2D eigenvalue weighted by Crippen LogP contribution is 2.34. The zero-order chi connectivity index (χ0) is 43.5. The van der Waals surface area contributed by atoms with Crippen molar-refractivity contribution >= 4 is 0 Å². The molecule has 63 heavy (non-hydrogen) atoms. The molecule has 0 atom stereocenters. The quantitative estimate of drug-likeness (QED) is 0.0604. The molecule has 3 heterocycles. The molecule has 4 aromatic carbocycles. The van der Waals surface area contributed by atoms with Gasteiger partial charge in [0.2, 0.25) is 0 Å². The van der Waals surface area contributed by atoms with Crippen LogP contribution in [-0.2, 0) is 77.8 Å². The Kier molecular flexibility index (Phi) is 17.4. The van der Waals surface area contributed by atoms with E-state index in [1.165, 1.54) is 50.1 Å². The SMILES string of the molecule is CCc1c(CN(CCc2ccccn2)Cc2ccccc2)c(CC)c(CN(CCc2ccccn2)Cc2ccccc2)c(CC)c1CN(CCc1ccccn1)Cc1ccccc1. The van der Waals surface area contributed by atoms with Gasteiger partial charge in [-0.05, 0) is 106 Å². The largest absolute Gasteiger partial charge is 0.294 e. The molecular formula is C57H66N6. The maximum Gasteiger partial charge on any atom is 0.0416 e. The third-order valence-corrected chi connectivity index (χ3v) is 12.4. The summed E-state index contributed by atoms with van der Waals surface area (Å²) in [6.07, 6.45) is 11.4. The first-order valence-corrected chi connectivity index (χ1v) is 23.3. The second-order valence-corrected chi connectivity index (χ2v) is 16.7. The van der Waals surface area contributed by atoms with E-state index in [0.717, 1.165) is 115 Å². The van der Waals surface area contributed by atoms with Gasteiger partial charge in [-0.1, -0.05) is 130 Å². The maximum atomic E-state index is 4.75. The second-order valence-electron chi connectivity index (χ2n) is 16.7. The van der Waals surface area contributed by atoms with Gasteiger partial charge in [-0.15, -0.1) is 0 Å². The van der Waals surface area contributed by atoms with Crippen molar-refractivity contribution in [2.45, 2.75) is 98.6 Å². The van der Waals surface area contributed by atoms with Crippen LogP contribution >= 0.6 is 0 Å². The summed E-state index contributed by atoms with van der Waals surface area (Å²) < 4.78 is 0. The Morgan fingerprint density at radius 1 is 0.302 bits per heavy atom. The van der Waals surface area contributed by atoms with Gasteiger partial charge in [-0.2, -0.15) is 0 Å². The minimum absolute atomic E-state index is 0.884. The van der Waals surface area contributed by atoms with Crippen LogP contribution in [0.4, 0.5) is 0 Å². The number of benzene rings is 4. The topological polar surface area (TPSA) is 48.4 Å². The monoisotopic (exact) mass is 835 g/mol. The molecule has 324 valence electrons. The first-order chi connectivity index (χ1) is 31.1. The Morgan fingerprint density at radius 2 is 0.571 bits per heavy atom. The van der Waals surface area contributed by atoms with E-state index in [4.69, 9.17) is 15.0 Å². The van der Waals surface area contributed by atoms with Crippen molar-refractivity contribution in [2.24, 2.45) is 0 Å². The van der Waals surface area contributed by atoms with Crippen molar-refractivity contribution in [3.63, 3.8) is 0 Å². The van der Waals surface area contributed by atoms with Crippen molar-refractivity contribution < 1.29 is 0 Å². The van der Waals surface area contributed by atoms with Crippen molar-refractivity contribution in [3.8, 4) is 0 Å². The van der Waals surface area contributed by atoms with Gasteiger partial charge in [0.1, 0.15) is 0 Å². The van der Waals surface area contributed by atoms with Crippen molar-refractivity contribution in [3.05, 3.63) is 231 Å². The van der Waals surface area contributed by atoms with Gasteiger partial charge in [0.15, 0.2) is 0 Å². The van der Waals surface area contributed by atoms with Gasteiger partial charge in [0.25, 0.3) is 0 Å². The number of aromatic nitrogens is 3. The van der Waals surface area contributed by atoms with E-state index in [9.17, 15) is 0 Å². The fourth-order valence-electron chi connectivity index (χ4n) is 9.24. The molecule has 6 heteroatoms. The van der Waals surface area contributed by atoms with E-state index in [1.54, 1.807) is 0 Å². The second kappa shape index (κ2) is 24.2. The Balaban J connectivity index is 1.34. The molecule has 0 aliphatic heterocycles. The standard InChI is InChI=1S/C57H66N6/c1-4-52-55(43-61(40-46-22-10-7-11-23-46)37-31-49-28-16-19-34-58-49)53(5-2)57(45-63(42-48-26-14-9-15-27-48)39-33-51-30-18-21-36-60-51)54(6-3)56(52)44-62(41-47-24-12-8-13-25-47)38-32-50-29-17-20-35-59-50/h7-30,34-36H,4-6,31-33,37-45H2,1-3H3. The zero-order valence-corrected chi connectivity index (χ0v) is 37.9. The summed E-state index contributed by atoms with van der Waals surface area (Å²) in [6.45, 7) is 15.2. The lowest BCUT2D eigenvalue weighted by molar-refractivity contribution is 0.247. The molecule has 0 radical (unpaired) electrons. The lowest BCUT2D eigenvalue weighted by Gasteiger charge is -2.34. The molecule has 0 amide bonds. The molecule has 0 aliphatic rings. The number of nitrogens with zero attached hydrogens (tertiary/aromatic N) is 6. The van der Waals surface area contributed by atoms with Crippen molar-refractivity contribution in [2.75, 3.05) is 19.6 Å². The molecule has 7 rings (SSSR count). The average molecular weight is 835 g/mol. The van der Waals surface area contributed by atoms with E-state index in [0.29, 0.717) is 0 Å². The van der Waals surface area contributed by atoms with E-state index >= 15 is 0 Å². The van der Waals surface area contributed by atoms with E-state index in [2.05, 4.69) is 163 Å².